The number of H-pyrrole nitrogens is 2. The predicted molar refractivity (Wildman–Crippen MR) is 111 cm³/mol. The van der Waals surface area contributed by atoms with Crippen molar-refractivity contribution in [2.75, 3.05) is 13.6 Å². The first-order valence-electron chi connectivity index (χ1n) is 10.2. The molecule has 28 heavy (non-hydrogen) atoms. The average Bonchev–Trinajstić information content (AvgIpc) is 3.08. The molecule has 1 heterocycles. The highest BCUT2D eigenvalue weighted by atomic mass is 19.1. The number of aryl methyl sites for hydroxylation is 1. The van der Waals surface area contributed by atoms with Gasteiger partial charge in [-0.3, -0.25) is 0 Å². The van der Waals surface area contributed by atoms with Crippen LogP contribution < -0.4 is 5.69 Å². The van der Waals surface area contributed by atoms with Crippen molar-refractivity contribution in [3.8, 4) is 0 Å². The minimum Gasteiger partial charge on any atom is -0.306 e. The van der Waals surface area contributed by atoms with Gasteiger partial charge in [0.05, 0.1) is 11.0 Å². The number of nitrogens with one attached hydrogen (secondary N) is 2. The molecule has 3 aromatic rings. The second-order valence-corrected chi connectivity index (χ2v) is 8.10. The van der Waals surface area contributed by atoms with E-state index in [1.54, 1.807) is 12.1 Å². The van der Waals surface area contributed by atoms with Crippen molar-refractivity contribution < 1.29 is 4.39 Å². The molecule has 1 aromatic heterocycles. The number of fused-ring (bicyclic) bond motifs is 1. The fourth-order valence-electron chi connectivity index (χ4n) is 4.52. The topological polar surface area (TPSA) is 51.9 Å². The number of hydrogen-bond acceptors (Lipinski definition) is 2. The maximum absolute atomic E-state index is 13.0. The number of nitrogens with zero attached hydrogens (tertiary/aromatic N) is 1. The zero-order valence-electron chi connectivity index (χ0n) is 16.4. The van der Waals surface area contributed by atoms with Crippen LogP contribution in [0.5, 0.6) is 0 Å². The van der Waals surface area contributed by atoms with E-state index in [1.165, 1.54) is 36.8 Å². The summed E-state index contributed by atoms with van der Waals surface area (Å²) in [5.74, 6) is 0.409. The number of imidazole rings is 1. The first-order valence-corrected chi connectivity index (χ1v) is 10.2. The molecule has 2 aromatic carbocycles. The normalized spacial score (nSPS) is 20.1. The van der Waals surface area contributed by atoms with Gasteiger partial charge in [0.1, 0.15) is 5.82 Å². The van der Waals surface area contributed by atoms with E-state index < -0.39 is 0 Å². The lowest BCUT2D eigenvalue weighted by Crippen LogP contribution is -2.35. The monoisotopic (exact) mass is 381 g/mol. The van der Waals surface area contributed by atoms with Crippen LogP contribution in [0.25, 0.3) is 11.0 Å². The molecule has 0 spiro atoms. The zero-order chi connectivity index (χ0) is 19.5. The maximum atomic E-state index is 13.0. The summed E-state index contributed by atoms with van der Waals surface area (Å²) >= 11 is 0. The first-order chi connectivity index (χ1) is 13.6. The molecule has 1 fully saturated rings. The van der Waals surface area contributed by atoms with Crippen LogP contribution in [0.4, 0.5) is 4.39 Å². The van der Waals surface area contributed by atoms with Crippen LogP contribution in [0, 0.1) is 5.82 Å². The van der Waals surface area contributed by atoms with Crippen LogP contribution in [-0.4, -0.2) is 34.5 Å². The summed E-state index contributed by atoms with van der Waals surface area (Å²) in [5.41, 5.74) is 4.18. The predicted octanol–water partition coefficient (Wildman–Crippen LogP) is 4.59. The van der Waals surface area contributed by atoms with E-state index in [4.69, 9.17) is 0 Å². The quantitative estimate of drug-likeness (QED) is 0.656. The van der Waals surface area contributed by atoms with Crippen LogP contribution in [0.2, 0.25) is 0 Å². The molecule has 0 unspecified atom stereocenters. The number of halogens is 1. The van der Waals surface area contributed by atoms with E-state index in [1.807, 2.05) is 18.2 Å². The second kappa shape index (κ2) is 8.31. The highest BCUT2D eigenvalue weighted by Gasteiger charge is 2.25. The smallest absolute Gasteiger partial charge is 0.306 e. The summed E-state index contributed by atoms with van der Waals surface area (Å²) in [4.78, 5) is 19.6. The van der Waals surface area contributed by atoms with E-state index in [0.717, 1.165) is 30.4 Å². The molecule has 0 bridgehead atoms. The number of rotatable bonds is 6. The zero-order valence-corrected chi connectivity index (χ0v) is 16.4. The fraction of sp³-hybridized carbons (Fsp3) is 0.435. The van der Waals surface area contributed by atoms with Crippen molar-refractivity contribution in [1.29, 1.82) is 0 Å². The first kappa shape index (κ1) is 18.9. The van der Waals surface area contributed by atoms with Crippen LogP contribution in [-0.2, 0) is 6.42 Å². The number of aromatic nitrogens is 2. The Labute approximate surface area is 164 Å². The van der Waals surface area contributed by atoms with E-state index in [2.05, 4.69) is 34.0 Å². The highest BCUT2D eigenvalue weighted by molar-refractivity contribution is 5.75. The summed E-state index contributed by atoms with van der Waals surface area (Å²) in [7, 11) is 2.23. The minimum absolute atomic E-state index is 0.141. The molecule has 0 radical (unpaired) electrons. The summed E-state index contributed by atoms with van der Waals surface area (Å²) in [5, 5.41) is 0. The molecule has 0 aliphatic heterocycles. The van der Waals surface area contributed by atoms with Gasteiger partial charge in [-0.05, 0) is 93.4 Å². The summed E-state index contributed by atoms with van der Waals surface area (Å²) in [6.45, 7) is 1.07. The van der Waals surface area contributed by atoms with Gasteiger partial charge < -0.3 is 14.9 Å². The van der Waals surface area contributed by atoms with Crippen LogP contribution >= 0.6 is 0 Å². The Bertz CT molecular complexity index is 967. The van der Waals surface area contributed by atoms with Gasteiger partial charge in [-0.25, -0.2) is 9.18 Å². The van der Waals surface area contributed by atoms with Gasteiger partial charge in [0.15, 0.2) is 0 Å². The Kier molecular flexibility index (Phi) is 5.62. The van der Waals surface area contributed by atoms with Gasteiger partial charge in [-0.1, -0.05) is 18.2 Å². The summed E-state index contributed by atoms with van der Waals surface area (Å²) in [6, 6.07) is 13.8. The molecular formula is C23H28FN3O. The van der Waals surface area contributed by atoms with Gasteiger partial charge >= 0.3 is 5.69 Å². The Balaban J connectivity index is 1.26. The Morgan fingerprint density at radius 3 is 2.46 bits per heavy atom. The molecule has 1 saturated carbocycles. The Morgan fingerprint density at radius 1 is 1.00 bits per heavy atom. The molecule has 1 aliphatic carbocycles. The lowest BCUT2D eigenvalue weighted by molar-refractivity contribution is 0.181. The molecule has 148 valence electrons. The van der Waals surface area contributed by atoms with Crippen molar-refractivity contribution in [3.05, 3.63) is 69.9 Å². The highest BCUT2D eigenvalue weighted by Crippen LogP contribution is 2.35. The van der Waals surface area contributed by atoms with Gasteiger partial charge in [-0.2, -0.15) is 0 Å². The van der Waals surface area contributed by atoms with Crippen molar-refractivity contribution in [2.24, 2.45) is 0 Å². The summed E-state index contributed by atoms with van der Waals surface area (Å²) in [6.07, 6.45) is 6.88. The fourth-order valence-corrected chi connectivity index (χ4v) is 4.52. The third-order valence-corrected chi connectivity index (χ3v) is 6.22. The number of benzene rings is 2. The van der Waals surface area contributed by atoms with E-state index in [-0.39, 0.29) is 11.5 Å². The SMILES string of the molecule is CN(CCCc1ccc(F)cc1)C1CCC(c2ccc3[nH]c(=O)[nH]c3c2)CC1. The number of hydrogen-bond donors (Lipinski definition) is 2. The van der Waals surface area contributed by atoms with Crippen LogP contribution in [0.1, 0.15) is 49.1 Å². The van der Waals surface area contributed by atoms with E-state index in [9.17, 15) is 9.18 Å². The molecule has 0 amide bonds. The Hall–Kier alpha value is -2.40. The van der Waals surface area contributed by atoms with Crippen molar-refractivity contribution >= 4 is 11.0 Å². The lowest BCUT2D eigenvalue weighted by Gasteiger charge is -2.35. The molecule has 0 saturated heterocycles. The second-order valence-electron chi connectivity index (χ2n) is 8.10. The molecule has 1 aliphatic rings. The van der Waals surface area contributed by atoms with Gasteiger partial charge in [0, 0.05) is 6.04 Å². The van der Waals surface area contributed by atoms with Gasteiger partial charge in [0.2, 0.25) is 0 Å². The molecule has 4 rings (SSSR count). The van der Waals surface area contributed by atoms with Crippen molar-refractivity contribution in [3.63, 3.8) is 0 Å². The third kappa shape index (κ3) is 4.36. The van der Waals surface area contributed by atoms with Gasteiger partial charge in [-0.15, -0.1) is 0 Å². The lowest BCUT2D eigenvalue weighted by atomic mass is 9.81. The van der Waals surface area contributed by atoms with Crippen LogP contribution in [0.15, 0.2) is 47.3 Å². The van der Waals surface area contributed by atoms with Crippen molar-refractivity contribution in [2.45, 2.75) is 50.5 Å². The standard InChI is InChI=1S/C23H28FN3O/c1-27(14-2-3-16-4-9-19(24)10-5-16)20-11-6-17(7-12-20)18-8-13-21-22(15-18)26-23(28)25-21/h4-5,8-10,13,15,17,20H,2-3,6-7,11-12,14H2,1H3,(H2,25,26,28). The third-order valence-electron chi connectivity index (χ3n) is 6.22. The molecular weight excluding hydrogens is 353 g/mol. The van der Waals surface area contributed by atoms with Crippen molar-refractivity contribution in [1.82, 2.24) is 14.9 Å². The van der Waals surface area contributed by atoms with E-state index in [0.29, 0.717) is 12.0 Å². The molecule has 0 atom stereocenters. The van der Waals surface area contributed by atoms with E-state index >= 15 is 0 Å². The molecule has 5 heteroatoms. The largest absolute Gasteiger partial charge is 0.323 e. The molecule has 4 nitrogen and oxygen atoms in total. The Morgan fingerprint density at radius 2 is 1.71 bits per heavy atom. The minimum atomic E-state index is -0.167. The average molecular weight is 381 g/mol. The maximum Gasteiger partial charge on any atom is 0.323 e. The summed E-state index contributed by atoms with van der Waals surface area (Å²) < 4.78 is 13.0. The van der Waals surface area contributed by atoms with Gasteiger partial charge in [0.25, 0.3) is 0 Å². The molecule has 2 N–H and O–H groups in total. The van der Waals surface area contributed by atoms with Crippen LogP contribution in [0.3, 0.4) is 0 Å². The number of aromatic amines is 2.